The molecule has 0 unspecified atom stereocenters. The van der Waals surface area contributed by atoms with E-state index in [1.807, 2.05) is 12.1 Å². The van der Waals surface area contributed by atoms with Crippen LogP contribution in [-0.2, 0) is 9.47 Å². The first-order valence-corrected chi connectivity index (χ1v) is 8.44. The van der Waals surface area contributed by atoms with E-state index in [0.29, 0.717) is 12.3 Å². The number of benzene rings is 1. The molecule has 2 aliphatic rings. The summed E-state index contributed by atoms with van der Waals surface area (Å²) in [7, 11) is 0. The van der Waals surface area contributed by atoms with Gasteiger partial charge in [0, 0.05) is 19.7 Å². The van der Waals surface area contributed by atoms with Gasteiger partial charge in [0.1, 0.15) is 17.4 Å². The molecule has 2 aliphatic heterocycles. The third-order valence-electron chi connectivity index (χ3n) is 4.68. The van der Waals surface area contributed by atoms with Crippen molar-refractivity contribution in [1.82, 2.24) is 0 Å². The first-order valence-electron chi connectivity index (χ1n) is 8.44. The van der Waals surface area contributed by atoms with Crippen molar-refractivity contribution in [2.45, 2.75) is 44.3 Å². The number of halogens is 1. The number of nitrogens with zero attached hydrogens (tertiary/aromatic N) is 2. The molecule has 2 saturated heterocycles. The Hall–Kier alpha value is -1.64. The summed E-state index contributed by atoms with van der Waals surface area (Å²) >= 11 is 0. The van der Waals surface area contributed by atoms with Crippen molar-refractivity contribution in [2.75, 3.05) is 31.2 Å². The lowest BCUT2D eigenvalue weighted by Crippen LogP contribution is -2.38. The maximum Gasteiger partial charge on any atom is 0.143 e. The summed E-state index contributed by atoms with van der Waals surface area (Å²) in [5, 5.41) is 9.16. The lowest BCUT2D eigenvalue weighted by atomic mass is 10.0. The second-order valence-corrected chi connectivity index (χ2v) is 6.25. The number of nitriles is 1. The van der Waals surface area contributed by atoms with Crippen molar-refractivity contribution in [1.29, 1.82) is 5.26 Å². The van der Waals surface area contributed by atoms with Gasteiger partial charge in [0.2, 0.25) is 0 Å². The fraction of sp³-hybridized carbons (Fsp3) is 0.611. The number of hydrogen-bond donors (Lipinski definition) is 0. The van der Waals surface area contributed by atoms with Crippen molar-refractivity contribution in [3.63, 3.8) is 0 Å². The molecule has 1 aromatic carbocycles. The Balaban J connectivity index is 1.50. The van der Waals surface area contributed by atoms with E-state index in [1.165, 1.54) is 12.5 Å². The fourth-order valence-electron chi connectivity index (χ4n) is 3.33. The van der Waals surface area contributed by atoms with E-state index in [4.69, 9.17) is 14.7 Å². The molecule has 124 valence electrons. The molecule has 0 saturated carbocycles. The zero-order valence-corrected chi connectivity index (χ0v) is 13.3. The minimum atomic E-state index is -0.446. The average Bonchev–Trinajstić information content (AvgIpc) is 2.61. The summed E-state index contributed by atoms with van der Waals surface area (Å²) in [5.74, 6) is -0.446. The van der Waals surface area contributed by atoms with Crippen LogP contribution in [-0.4, -0.2) is 38.5 Å². The summed E-state index contributed by atoms with van der Waals surface area (Å²) in [4.78, 5) is 2.08. The lowest BCUT2D eigenvalue weighted by Gasteiger charge is -2.34. The molecule has 5 heteroatoms. The highest BCUT2D eigenvalue weighted by Gasteiger charge is 2.24. The normalized spacial score (nSPS) is 22.8. The molecular formula is C18H23FN2O2. The Labute approximate surface area is 136 Å². The van der Waals surface area contributed by atoms with Crippen LogP contribution in [0.4, 0.5) is 10.1 Å². The molecule has 2 heterocycles. The number of piperidine rings is 1. The molecule has 23 heavy (non-hydrogen) atoms. The van der Waals surface area contributed by atoms with Gasteiger partial charge < -0.3 is 14.4 Å². The van der Waals surface area contributed by atoms with Crippen molar-refractivity contribution in [3.8, 4) is 6.07 Å². The van der Waals surface area contributed by atoms with Crippen molar-refractivity contribution in [2.24, 2.45) is 0 Å². The highest BCUT2D eigenvalue weighted by Crippen LogP contribution is 2.26. The Morgan fingerprint density at radius 2 is 2.09 bits per heavy atom. The van der Waals surface area contributed by atoms with Crippen LogP contribution < -0.4 is 4.90 Å². The molecule has 2 fully saturated rings. The zero-order chi connectivity index (χ0) is 16.1. The van der Waals surface area contributed by atoms with Crippen LogP contribution in [0.25, 0.3) is 0 Å². The second kappa shape index (κ2) is 7.76. The molecule has 1 atom stereocenters. The molecule has 0 N–H and O–H groups in total. The van der Waals surface area contributed by atoms with Gasteiger partial charge >= 0.3 is 0 Å². The Kier molecular flexibility index (Phi) is 5.47. The Morgan fingerprint density at radius 1 is 1.26 bits per heavy atom. The monoisotopic (exact) mass is 318 g/mol. The maximum absolute atomic E-state index is 13.7. The SMILES string of the molecule is N#Cc1c(F)cccc1N1CCC(OC[C@@H]2CCCCO2)CC1. The topological polar surface area (TPSA) is 45.5 Å². The van der Waals surface area contributed by atoms with E-state index in [1.54, 1.807) is 6.07 Å². The molecule has 0 aromatic heterocycles. The third-order valence-corrected chi connectivity index (χ3v) is 4.68. The fourth-order valence-corrected chi connectivity index (χ4v) is 3.33. The standard InChI is InChI=1S/C18H23FN2O2/c19-17-5-3-6-18(16(17)12-20)21-9-7-14(8-10-21)23-13-15-4-1-2-11-22-15/h3,5-6,14-15H,1-2,4,7-11,13H2/t15-/m0/s1. The van der Waals surface area contributed by atoms with Crippen molar-refractivity contribution >= 4 is 5.69 Å². The first kappa shape index (κ1) is 16.2. The van der Waals surface area contributed by atoms with E-state index in [0.717, 1.165) is 45.4 Å². The van der Waals surface area contributed by atoms with Crippen LogP contribution in [0.15, 0.2) is 18.2 Å². The summed E-state index contributed by atoms with van der Waals surface area (Å²) in [5.41, 5.74) is 0.837. The smallest absolute Gasteiger partial charge is 0.143 e. The summed E-state index contributed by atoms with van der Waals surface area (Å²) < 4.78 is 25.4. The molecule has 0 bridgehead atoms. The maximum atomic E-state index is 13.7. The van der Waals surface area contributed by atoms with Crippen molar-refractivity contribution in [3.05, 3.63) is 29.6 Å². The highest BCUT2D eigenvalue weighted by molar-refractivity contribution is 5.60. The van der Waals surface area contributed by atoms with Crippen molar-refractivity contribution < 1.29 is 13.9 Å². The van der Waals surface area contributed by atoms with Gasteiger partial charge in [-0.05, 0) is 44.2 Å². The van der Waals surface area contributed by atoms with Crippen LogP contribution in [0.5, 0.6) is 0 Å². The van der Waals surface area contributed by atoms with E-state index >= 15 is 0 Å². The Morgan fingerprint density at radius 3 is 2.78 bits per heavy atom. The quantitative estimate of drug-likeness (QED) is 0.855. The van der Waals surface area contributed by atoms with Gasteiger partial charge in [-0.15, -0.1) is 0 Å². The van der Waals surface area contributed by atoms with E-state index in [2.05, 4.69) is 4.90 Å². The molecule has 4 nitrogen and oxygen atoms in total. The molecule has 0 spiro atoms. The van der Waals surface area contributed by atoms with Gasteiger partial charge in [0.15, 0.2) is 0 Å². The average molecular weight is 318 g/mol. The van der Waals surface area contributed by atoms with Gasteiger partial charge in [0.05, 0.1) is 24.5 Å². The predicted molar refractivity (Wildman–Crippen MR) is 85.9 cm³/mol. The summed E-state index contributed by atoms with van der Waals surface area (Å²) in [6, 6.07) is 6.79. The van der Waals surface area contributed by atoms with Gasteiger partial charge in [-0.3, -0.25) is 0 Å². The van der Waals surface area contributed by atoms with E-state index in [-0.39, 0.29) is 17.8 Å². The molecule has 1 aromatic rings. The first-order chi connectivity index (χ1) is 11.3. The van der Waals surface area contributed by atoms with Crippen LogP contribution in [0, 0.1) is 17.1 Å². The number of anilines is 1. The number of ether oxygens (including phenoxy) is 2. The molecule has 0 amide bonds. The van der Waals surface area contributed by atoms with E-state index < -0.39 is 5.82 Å². The van der Waals surface area contributed by atoms with E-state index in [9.17, 15) is 4.39 Å². The van der Waals surface area contributed by atoms with Gasteiger partial charge in [0.25, 0.3) is 0 Å². The predicted octanol–water partition coefficient (Wildman–Crippen LogP) is 3.25. The third kappa shape index (κ3) is 4.01. The summed E-state index contributed by atoms with van der Waals surface area (Å²) in [6.07, 6.45) is 5.74. The Bertz CT molecular complexity index is 559. The van der Waals surface area contributed by atoms with Crippen LogP contribution >= 0.6 is 0 Å². The molecular weight excluding hydrogens is 295 g/mol. The second-order valence-electron chi connectivity index (χ2n) is 6.25. The molecule has 3 rings (SSSR count). The molecule has 0 aliphatic carbocycles. The minimum Gasteiger partial charge on any atom is -0.376 e. The van der Waals surface area contributed by atoms with Gasteiger partial charge in [-0.2, -0.15) is 5.26 Å². The molecule has 0 radical (unpaired) electrons. The lowest BCUT2D eigenvalue weighted by molar-refractivity contribution is -0.0672. The van der Waals surface area contributed by atoms with Gasteiger partial charge in [-0.25, -0.2) is 4.39 Å². The van der Waals surface area contributed by atoms with Crippen LogP contribution in [0.2, 0.25) is 0 Å². The number of rotatable bonds is 4. The van der Waals surface area contributed by atoms with Crippen LogP contribution in [0.3, 0.4) is 0 Å². The van der Waals surface area contributed by atoms with Crippen LogP contribution in [0.1, 0.15) is 37.7 Å². The number of hydrogen-bond acceptors (Lipinski definition) is 4. The summed E-state index contributed by atoms with van der Waals surface area (Å²) in [6.45, 7) is 3.10. The highest BCUT2D eigenvalue weighted by atomic mass is 19.1. The van der Waals surface area contributed by atoms with Gasteiger partial charge in [-0.1, -0.05) is 6.07 Å². The largest absolute Gasteiger partial charge is 0.376 e. The zero-order valence-electron chi connectivity index (χ0n) is 13.3. The minimum absolute atomic E-state index is 0.141.